The van der Waals surface area contributed by atoms with Crippen molar-refractivity contribution in [2.75, 3.05) is 0 Å². The maximum atomic E-state index is 4.51. The average molecular weight is 329 g/mol. The molecule has 0 radical (unpaired) electrons. The highest BCUT2D eigenvalue weighted by Gasteiger charge is 2.09. The van der Waals surface area contributed by atoms with Crippen molar-refractivity contribution in [1.82, 2.24) is 20.2 Å². The van der Waals surface area contributed by atoms with Gasteiger partial charge in [0.2, 0.25) is 0 Å². The summed E-state index contributed by atoms with van der Waals surface area (Å²) in [5.74, 6) is 0.939. The Morgan fingerprint density at radius 1 is 0.500 bits per heavy atom. The number of hydrogen-bond donors (Lipinski definition) is 0. The van der Waals surface area contributed by atoms with Gasteiger partial charge in [-0.25, -0.2) is 0 Å². The second-order valence-corrected chi connectivity index (χ2v) is 7.10. The lowest BCUT2D eigenvalue weighted by atomic mass is 10.0. The SMILES string of the molecule is Cc1nc(C)c(C(C)C)nc1C.Cc1nnc(C(C)C)c(C)c1C. The molecule has 0 atom stereocenters. The van der Waals surface area contributed by atoms with Crippen molar-refractivity contribution in [3.05, 3.63) is 45.3 Å². The Bertz CT molecular complexity index is 697. The number of nitrogens with zero attached hydrogens (tertiary/aromatic N) is 4. The fourth-order valence-corrected chi connectivity index (χ4v) is 2.57. The molecule has 0 aliphatic rings. The van der Waals surface area contributed by atoms with Crippen LogP contribution in [0.2, 0.25) is 0 Å². The summed E-state index contributed by atoms with van der Waals surface area (Å²) in [7, 11) is 0. The van der Waals surface area contributed by atoms with Gasteiger partial charge >= 0.3 is 0 Å². The first-order valence-corrected chi connectivity index (χ1v) is 8.68. The molecule has 0 bridgehead atoms. The van der Waals surface area contributed by atoms with Gasteiger partial charge in [0.1, 0.15) is 0 Å². The zero-order chi connectivity index (χ0) is 18.6. The molecule has 0 aromatic carbocycles. The molecule has 0 saturated carbocycles. The topological polar surface area (TPSA) is 51.6 Å². The summed E-state index contributed by atoms with van der Waals surface area (Å²) in [4.78, 5) is 8.94. The molecule has 2 aromatic heterocycles. The van der Waals surface area contributed by atoms with Gasteiger partial charge in [0, 0.05) is 0 Å². The Morgan fingerprint density at radius 3 is 1.50 bits per heavy atom. The maximum Gasteiger partial charge on any atom is 0.0688 e. The standard InChI is InChI=1S/2C10H16N2/c1-6(2)10-9(5)11-7(3)8(4)12-10;1-6(2)10-8(4)7(3)9(5)11-12-10/h2*6H,1-5H3. The number of aromatic nitrogens is 4. The predicted molar refractivity (Wildman–Crippen MR) is 101 cm³/mol. The van der Waals surface area contributed by atoms with E-state index in [-0.39, 0.29) is 0 Å². The monoisotopic (exact) mass is 328 g/mol. The number of rotatable bonds is 2. The second kappa shape index (κ2) is 8.32. The third kappa shape index (κ3) is 4.83. The van der Waals surface area contributed by atoms with Gasteiger partial charge in [0.05, 0.1) is 34.2 Å². The van der Waals surface area contributed by atoms with Crippen LogP contribution < -0.4 is 0 Å². The minimum atomic E-state index is 0.469. The molecule has 2 aromatic rings. The van der Waals surface area contributed by atoms with Gasteiger partial charge in [0.25, 0.3) is 0 Å². The fourth-order valence-electron chi connectivity index (χ4n) is 2.57. The predicted octanol–water partition coefficient (Wildman–Crippen LogP) is 5.05. The molecule has 0 amide bonds. The van der Waals surface area contributed by atoms with E-state index in [9.17, 15) is 0 Å². The molecular formula is C20H32N4. The van der Waals surface area contributed by atoms with Gasteiger partial charge in [-0.3, -0.25) is 9.97 Å². The summed E-state index contributed by atoms with van der Waals surface area (Å²) in [6.07, 6.45) is 0. The minimum absolute atomic E-state index is 0.469. The molecule has 0 saturated heterocycles. The van der Waals surface area contributed by atoms with E-state index in [0.717, 1.165) is 34.2 Å². The highest BCUT2D eigenvalue weighted by molar-refractivity contribution is 5.31. The number of aryl methyl sites for hydroxylation is 4. The van der Waals surface area contributed by atoms with E-state index in [1.165, 1.54) is 11.1 Å². The number of hydrogen-bond acceptors (Lipinski definition) is 4. The van der Waals surface area contributed by atoms with Gasteiger partial charge < -0.3 is 0 Å². The minimum Gasteiger partial charge on any atom is -0.255 e. The van der Waals surface area contributed by atoms with Crippen LogP contribution in [0.25, 0.3) is 0 Å². The zero-order valence-corrected chi connectivity index (χ0v) is 16.9. The molecule has 0 unspecified atom stereocenters. The van der Waals surface area contributed by atoms with Crippen molar-refractivity contribution in [2.45, 2.75) is 81.1 Å². The molecule has 24 heavy (non-hydrogen) atoms. The largest absolute Gasteiger partial charge is 0.255 e. The fraction of sp³-hybridized carbons (Fsp3) is 0.600. The molecule has 0 aliphatic carbocycles. The first-order valence-electron chi connectivity index (χ1n) is 8.68. The first-order chi connectivity index (χ1) is 11.1. The highest BCUT2D eigenvalue weighted by atomic mass is 15.1. The van der Waals surface area contributed by atoms with E-state index in [2.05, 4.69) is 61.7 Å². The van der Waals surface area contributed by atoms with Crippen molar-refractivity contribution in [3.63, 3.8) is 0 Å². The highest BCUT2D eigenvalue weighted by Crippen LogP contribution is 2.19. The molecule has 4 nitrogen and oxygen atoms in total. The first kappa shape index (κ1) is 20.2. The van der Waals surface area contributed by atoms with Gasteiger partial charge in [-0.1, -0.05) is 27.7 Å². The molecule has 0 fully saturated rings. The Morgan fingerprint density at radius 2 is 1.00 bits per heavy atom. The van der Waals surface area contributed by atoms with Gasteiger partial charge in [0.15, 0.2) is 0 Å². The smallest absolute Gasteiger partial charge is 0.0688 e. The van der Waals surface area contributed by atoms with E-state index in [4.69, 9.17) is 0 Å². The molecule has 0 N–H and O–H groups in total. The molecule has 2 heterocycles. The molecular weight excluding hydrogens is 296 g/mol. The molecule has 4 heteroatoms. The Balaban J connectivity index is 0.000000240. The van der Waals surface area contributed by atoms with Gasteiger partial charge in [-0.15, -0.1) is 0 Å². The van der Waals surface area contributed by atoms with Crippen LogP contribution in [0.5, 0.6) is 0 Å². The van der Waals surface area contributed by atoms with Crippen molar-refractivity contribution in [3.8, 4) is 0 Å². The van der Waals surface area contributed by atoms with Crippen LogP contribution in [0.1, 0.15) is 84.8 Å². The van der Waals surface area contributed by atoms with Crippen LogP contribution in [-0.4, -0.2) is 20.2 Å². The Hall–Kier alpha value is -1.84. The summed E-state index contributed by atoms with van der Waals surface area (Å²) in [5.41, 5.74) is 8.99. The van der Waals surface area contributed by atoms with Gasteiger partial charge in [-0.05, 0) is 64.5 Å². The summed E-state index contributed by atoms with van der Waals surface area (Å²) < 4.78 is 0. The Labute approximate surface area is 147 Å². The van der Waals surface area contributed by atoms with Crippen LogP contribution in [0, 0.1) is 41.5 Å². The van der Waals surface area contributed by atoms with Crippen LogP contribution in [0.3, 0.4) is 0 Å². The molecule has 2 rings (SSSR count). The van der Waals surface area contributed by atoms with Gasteiger partial charge in [-0.2, -0.15) is 10.2 Å². The lowest BCUT2D eigenvalue weighted by Crippen LogP contribution is -2.03. The molecule has 0 spiro atoms. The summed E-state index contributed by atoms with van der Waals surface area (Å²) >= 11 is 0. The second-order valence-electron chi connectivity index (χ2n) is 7.10. The molecule has 0 aliphatic heterocycles. The summed E-state index contributed by atoms with van der Waals surface area (Å²) in [5, 5.41) is 8.30. The lowest BCUT2D eigenvalue weighted by Gasteiger charge is -2.10. The van der Waals surface area contributed by atoms with E-state index < -0.39 is 0 Å². The summed E-state index contributed by atoms with van der Waals surface area (Å²) in [6, 6.07) is 0. The van der Waals surface area contributed by atoms with E-state index in [1.54, 1.807) is 0 Å². The lowest BCUT2D eigenvalue weighted by molar-refractivity contribution is 0.759. The quantitative estimate of drug-likeness (QED) is 0.774. The van der Waals surface area contributed by atoms with Crippen molar-refractivity contribution in [1.29, 1.82) is 0 Å². The zero-order valence-electron chi connectivity index (χ0n) is 16.9. The molecule has 132 valence electrons. The Kier molecular flexibility index (Phi) is 7.00. The average Bonchev–Trinajstić information content (AvgIpc) is 2.48. The van der Waals surface area contributed by atoms with Crippen molar-refractivity contribution in [2.24, 2.45) is 0 Å². The summed E-state index contributed by atoms with van der Waals surface area (Å²) in [6.45, 7) is 20.8. The third-order valence-electron chi connectivity index (χ3n) is 4.41. The van der Waals surface area contributed by atoms with Crippen LogP contribution in [0.4, 0.5) is 0 Å². The third-order valence-corrected chi connectivity index (χ3v) is 4.41. The van der Waals surface area contributed by atoms with Crippen molar-refractivity contribution >= 4 is 0 Å². The normalized spacial score (nSPS) is 10.8. The van der Waals surface area contributed by atoms with E-state index >= 15 is 0 Å². The van der Waals surface area contributed by atoms with E-state index in [0.29, 0.717) is 11.8 Å². The van der Waals surface area contributed by atoms with Crippen LogP contribution >= 0.6 is 0 Å². The van der Waals surface area contributed by atoms with Crippen LogP contribution in [-0.2, 0) is 0 Å². The van der Waals surface area contributed by atoms with Crippen LogP contribution in [0.15, 0.2) is 0 Å². The van der Waals surface area contributed by atoms with E-state index in [1.807, 2.05) is 27.7 Å². The maximum absolute atomic E-state index is 4.51. The van der Waals surface area contributed by atoms with Crippen molar-refractivity contribution < 1.29 is 0 Å².